The van der Waals surface area contributed by atoms with Gasteiger partial charge in [-0.05, 0) is 202 Å². The quantitative estimate of drug-likeness (QED) is 0.0946. The largest absolute Gasteiger partial charge is 0.357 e. The summed E-state index contributed by atoms with van der Waals surface area (Å²) in [7, 11) is -0.401. The lowest BCUT2D eigenvalue weighted by Gasteiger charge is -2.17. The molecule has 0 heterocycles. The Kier molecular flexibility index (Phi) is 13.3. The average Bonchev–Trinajstić information content (AvgIpc) is 3.22. The van der Waals surface area contributed by atoms with Crippen molar-refractivity contribution in [3.8, 4) is 22.3 Å². The third-order valence-corrected chi connectivity index (χ3v) is 20.4. The van der Waals surface area contributed by atoms with Gasteiger partial charge in [-0.15, -0.1) is 0 Å². The second-order valence-corrected chi connectivity index (χ2v) is 24.5. The predicted molar refractivity (Wildman–Crippen MR) is 268 cm³/mol. The highest BCUT2D eigenvalue weighted by Crippen LogP contribution is 2.42. The highest BCUT2D eigenvalue weighted by molar-refractivity contribution is 7.97. The molecule has 8 rings (SSSR count). The number of aryl methyl sites for hydroxylation is 12. The summed E-state index contributed by atoms with van der Waals surface area (Å²) >= 11 is -0.304. The zero-order valence-corrected chi connectivity index (χ0v) is 42.8. The molecule has 0 saturated heterocycles. The molecule has 8 aromatic carbocycles. The molecule has 0 aliphatic carbocycles. The van der Waals surface area contributed by atoms with E-state index < -0.39 is 0 Å². The van der Waals surface area contributed by atoms with Gasteiger partial charge in [0.2, 0.25) is 0 Å². The summed E-state index contributed by atoms with van der Waals surface area (Å²) in [5, 5.41) is 0. The molecule has 0 aliphatic rings. The fraction of sp³-hybridized carbons (Fsp3) is 0.200. The molecule has 3 heteroatoms. The van der Waals surface area contributed by atoms with Gasteiger partial charge in [-0.3, -0.25) is 0 Å². The lowest BCUT2D eigenvalue weighted by atomic mass is 10.1. The minimum absolute atomic E-state index is 0.201. The fourth-order valence-corrected chi connectivity index (χ4v) is 17.1. The van der Waals surface area contributed by atoms with E-state index in [1.807, 2.05) is 0 Å². The van der Waals surface area contributed by atoms with Crippen LogP contribution in [0.15, 0.2) is 175 Å². The maximum atomic E-state index is 2.38. The summed E-state index contributed by atoms with van der Waals surface area (Å²) in [6.07, 6.45) is 0. The van der Waals surface area contributed by atoms with Crippen molar-refractivity contribution in [2.45, 2.75) is 112 Å². The summed E-state index contributed by atoms with van der Waals surface area (Å²) in [5.74, 6) is 0. The third kappa shape index (κ3) is 9.53. The van der Waals surface area contributed by atoms with Crippen LogP contribution < -0.4 is 21.2 Å². The van der Waals surface area contributed by atoms with Gasteiger partial charge in [0, 0.05) is 44.5 Å². The summed E-state index contributed by atoms with van der Waals surface area (Å²) in [6.45, 7) is 27.1. The van der Waals surface area contributed by atoms with Crippen LogP contribution in [0.2, 0.25) is 0 Å². The monoisotopic (exact) mass is 971 g/mol. The van der Waals surface area contributed by atoms with Crippen molar-refractivity contribution in [3.63, 3.8) is 0 Å². The number of benzene rings is 8. The second-order valence-electron chi connectivity index (χ2n) is 17.7. The van der Waals surface area contributed by atoms with E-state index in [-0.39, 0.29) is 43.0 Å². The molecule has 0 radical (unpaired) electrons. The first-order valence-electron chi connectivity index (χ1n) is 22.0. The average molecular weight is 972 g/mol. The van der Waals surface area contributed by atoms with Crippen LogP contribution in [0.3, 0.4) is 0 Å². The van der Waals surface area contributed by atoms with Crippen molar-refractivity contribution in [2.24, 2.45) is 0 Å². The van der Waals surface area contributed by atoms with Crippen LogP contribution in [0.5, 0.6) is 0 Å². The molecule has 0 bridgehead atoms. The van der Waals surface area contributed by atoms with E-state index in [0.717, 1.165) is 0 Å². The van der Waals surface area contributed by atoms with Crippen LogP contribution in [-0.4, -0.2) is 0 Å². The van der Waals surface area contributed by atoms with Crippen LogP contribution in [0.1, 0.15) is 66.8 Å². The minimum atomic E-state index is -0.304. The van der Waals surface area contributed by atoms with Crippen molar-refractivity contribution >= 4 is 21.8 Å². The Hall–Kier alpha value is -4.81. The first-order valence-corrected chi connectivity index (χ1v) is 26.6. The van der Waals surface area contributed by atoms with Crippen molar-refractivity contribution in [2.75, 3.05) is 0 Å². The van der Waals surface area contributed by atoms with Crippen LogP contribution in [0, 0.1) is 90.2 Å². The zero-order chi connectivity index (χ0) is 44.7. The van der Waals surface area contributed by atoms with Crippen molar-refractivity contribution in [1.82, 2.24) is 0 Å². The van der Waals surface area contributed by atoms with Crippen molar-refractivity contribution in [3.05, 3.63) is 219 Å². The molecule has 0 fully saturated rings. The molecule has 0 aromatic heterocycles. The third-order valence-electron chi connectivity index (χ3n) is 12.0. The Morgan fingerprint density at radius 3 is 0.651 bits per heavy atom. The van der Waals surface area contributed by atoms with E-state index in [0.29, 0.717) is 0 Å². The molecular formula is C60H60IS2+3. The summed E-state index contributed by atoms with van der Waals surface area (Å²) < 4.78 is 2.86. The first-order chi connectivity index (χ1) is 30.1. The Morgan fingerprint density at radius 1 is 0.254 bits per heavy atom. The van der Waals surface area contributed by atoms with Gasteiger partial charge in [0.05, 0.1) is 0 Å². The Bertz CT molecular complexity index is 2540. The zero-order valence-electron chi connectivity index (χ0n) is 39.1. The molecule has 316 valence electrons. The van der Waals surface area contributed by atoms with Gasteiger partial charge in [-0.1, -0.05) is 70.8 Å². The van der Waals surface area contributed by atoms with Crippen LogP contribution >= 0.6 is 0 Å². The van der Waals surface area contributed by atoms with E-state index >= 15 is 0 Å². The molecule has 8 aromatic rings. The van der Waals surface area contributed by atoms with E-state index in [4.69, 9.17) is 0 Å². The van der Waals surface area contributed by atoms with Gasteiger partial charge in [0.25, 0.3) is 0 Å². The number of rotatable bonds is 10. The van der Waals surface area contributed by atoms with Gasteiger partial charge in [-0.2, -0.15) is 0 Å². The molecule has 0 amide bonds. The molecule has 0 saturated carbocycles. The molecule has 0 atom stereocenters. The normalized spacial score (nSPS) is 11.5. The molecule has 0 aliphatic heterocycles. The molecule has 0 spiro atoms. The topological polar surface area (TPSA) is 0 Å². The standard InChI is InChI=1S/C60H60IS2/c1-37-29-41(5)57(42(6)30-37)62(58-43(7)31-38(2)32-44(58)8)55-25-17-51(18-26-55)49-13-21-53(22-14-49)61-54-23-15-50(16-24-54)52-19-27-56(28-20-52)63(59-45(9)33-39(3)34-46(59)10)60-47(11)35-40(4)36-48(60)12/h13-36H,1-12H3/q+3. The minimum Gasteiger partial charge on any atom is -0.0513 e. The van der Waals surface area contributed by atoms with E-state index in [2.05, 4.69) is 229 Å². The molecule has 0 N–H and O–H groups in total. The molecule has 0 unspecified atom stereocenters. The van der Waals surface area contributed by atoms with E-state index in [9.17, 15) is 0 Å². The maximum Gasteiger partial charge on any atom is 0.357 e. The number of hydrogen-bond donors (Lipinski definition) is 0. The lowest BCUT2D eigenvalue weighted by Crippen LogP contribution is -3.61. The Morgan fingerprint density at radius 2 is 0.444 bits per heavy atom. The van der Waals surface area contributed by atoms with Crippen LogP contribution in [0.25, 0.3) is 22.3 Å². The molecule has 63 heavy (non-hydrogen) atoms. The smallest absolute Gasteiger partial charge is 0.0513 e. The Balaban J connectivity index is 1.00. The predicted octanol–water partition coefficient (Wildman–Crippen LogP) is 13.0. The van der Waals surface area contributed by atoms with E-state index in [1.165, 1.54) is 126 Å². The molecule has 0 nitrogen and oxygen atoms in total. The van der Waals surface area contributed by atoms with Crippen molar-refractivity contribution < 1.29 is 21.2 Å². The fourth-order valence-electron chi connectivity index (χ4n) is 9.73. The van der Waals surface area contributed by atoms with Crippen LogP contribution in [-0.2, 0) is 21.8 Å². The summed E-state index contributed by atoms with van der Waals surface area (Å²) in [5.41, 5.74) is 21.3. The second kappa shape index (κ2) is 18.7. The van der Waals surface area contributed by atoms with Gasteiger partial charge >= 0.3 is 21.2 Å². The van der Waals surface area contributed by atoms with E-state index in [1.54, 1.807) is 0 Å². The summed E-state index contributed by atoms with van der Waals surface area (Å²) in [6, 6.07) is 56.3. The highest BCUT2D eigenvalue weighted by Gasteiger charge is 2.37. The van der Waals surface area contributed by atoms with Gasteiger partial charge in [0.15, 0.2) is 36.5 Å². The summed E-state index contributed by atoms with van der Waals surface area (Å²) in [4.78, 5) is 8.57. The van der Waals surface area contributed by atoms with Gasteiger partial charge in [-0.25, -0.2) is 0 Å². The molecular weight excluding hydrogens is 912 g/mol. The number of halogens is 1. The SMILES string of the molecule is Cc1cc(C)c([S+](c2ccc(-c3ccc([I+]c4ccc(-c5ccc([S+](c6c(C)cc(C)cc6C)c6c(C)cc(C)cc6C)cc5)cc4)cc3)cc2)c2c(C)cc(C)cc2C)c(C)c1. The Labute approximate surface area is 394 Å². The maximum absolute atomic E-state index is 2.38. The van der Waals surface area contributed by atoms with Crippen molar-refractivity contribution in [1.29, 1.82) is 0 Å². The van der Waals surface area contributed by atoms with Gasteiger partial charge < -0.3 is 0 Å². The van der Waals surface area contributed by atoms with Gasteiger partial charge in [0.1, 0.15) is 21.8 Å². The first kappa shape index (κ1) is 44.8. The van der Waals surface area contributed by atoms with Crippen LogP contribution in [0.4, 0.5) is 0 Å². The highest BCUT2D eigenvalue weighted by atomic mass is 127. The lowest BCUT2D eigenvalue weighted by molar-refractivity contribution is -0.597. The number of hydrogen-bond acceptors (Lipinski definition) is 0.